The van der Waals surface area contributed by atoms with Crippen LogP contribution in [0, 0.1) is 5.41 Å². The first-order valence-electron chi connectivity index (χ1n) is 8.54. The van der Waals surface area contributed by atoms with Crippen LogP contribution in [0.4, 0.5) is 0 Å². The van der Waals surface area contributed by atoms with Crippen LogP contribution in [0.1, 0.15) is 27.2 Å². The van der Waals surface area contributed by atoms with Gasteiger partial charge in [-0.05, 0) is 11.8 Å². The Balaban J connectivity index is 2.93. The molecule has 0 amide bonds. The molecule has 10 heteroatoms. The second-order valence-electron chi connectivity index (χ2n) is 7.87. The van der Waals surface area contributed by atoms with E-state index in [1.165, 1.54) is 0 Å². The third-order valence-electron chi connectivity index (χ3n) is 4.26. The molecule has 1 fully saturated rings. The Bertz CT molecular complexity index is 412. The number of ether oxygens (including phenoxy) is 2. The monoisotopic (exact) mass is 384 g/mol. The lowest BCUT2D eigenvalue weighted by atomic mass is 9.86. The van der Waals surface area contributed by atoms with Gasteiger partial charge in [0.2, 0.25) is 0 Å². The van der Waals surface area contributed by atoms with E-state index in [0.29, 0.717) is 0 Å². The highest BCUT2D eigenvalue weighted by Crippen LogP contribution is 2.27. The molecule has 8 N–H and O–H groups in total. The minimum atomic E-state index is -1.74. The summed E-state index contributed by atoms with van der Waals surface area (Å²) in [6.07, 6.45) is -13.9. The van der Waals surface area contributed by atoms with Crippen molar-refractivity contribution >= 4 is 0 Å². The lowest BCUT2D eigenvalue weighted by Crippen LogP contribution is -2.61. The van der Waals surface area contributed by atoms with Crippen LogP contribution in [0.3, 0.4) is 0 Å². The minimum Gasteiger partial charge on any atom is -0.394 e. The Labute approximate surface area is 152 Å². The van der Waals surface area contributed by atoms with Gasteiger partial charge in [-0.15, -0.1) is 0 Å². The summed E-state index contributed by atoms with van der Waals surface area (Å²) in [6.45, 7) is 4.02. The second kappa shape index (κ2) is 9.69. The zero-order chi connectivity index (χ0) is 20.2. The van der Waals surface area contributed by atoms with E-state index in [1.54, 1.807) is 0 Å². The van der Waals surface area contributed by atoms with Crippen molar-refractivity contribution in [2.75, 3.05) is 13.2 Å². The van der Waals surface area contributed by atoms with E-state index in [-0.39, 0.29) is 11.8 Å². The molecule has 26 heavy (non-hydrogen) atoms. The zero-order valence-electron chi connectivity index (χ0n) is 15.2. The summed E-state index contributed by atoms with van der Waals surface area (Å²) in [5.74, 6) is 0. The Hall–Kier alpha value is -0.400. The van der Waals surface area contributed by atoms with Crippen molar-refractivity contribution in [1.29, 1.82) is 0 Å². The maximum atomic E-state index is 10.4. The summed E-state index contributed by atoms with van der Waals surface area (Å²) in [4.78, 5) is 0. The average molecular weight is 384 g/mol. The number of hydrogen-bond acceptors (Lipinski definition) is 10. The predicted octanol–water partition coefficient (Wildman–Crippen LogP) is -3.32. The van der Waals surface area contributed by atoms with Crippen molar-refractivity contribution in [2.45, 2.75) is 82.3 Å². The number of rotatable bonds is 8. The van der Waals surface area contributed by atoms with Gasteiger partial charge in [-0.1, -0.05) is 20.8 Å². The lowest BCUT2D eigenvalue weighted by Gasteiger charge is -2.42. The normalized spacial score (nSPS) is 35.0. The van der Waals surface area contributed by atoms with Gasteiger partial charge in [0.1, 0.15) is 42.7 Å². The van der Waals surface area contributed by atoms with E-state index in [9.17, 15) is 40.9 Å². The topological polar surface area (TPSA) is 180 Å². The van der Waals surface area contributed by atoms with Crippen LogP contribution in [0.15, 0.2) is 0 Å². The fraction of sp³-hybridized carbons (Fsp3) is 1.00. The molecule has 10 nitrogen and oxygen atoms in total. The summed E-state index contributed by atoms with van der Waals surface area (Å²) < 4.78 is 10.5. The van der Waals surface area contributed by atoms with Crippen molar-refractivity contribution in [1.82, 2.24) is 0 Å². The van der Waals surface area contributed by atoms with Crippen molar-refractivity contribution < 1.29 is 50.3 Å². The fourth-order valence-corrected chi connectivity index (χ4v) is 2.80. The van der Waals surface area contributed by atoms with E-state index in [2.05, 4.69) is 0 Å². The van der Waals surface area contributed by atoms with E-state index in [1.807, 2.05) is 20.8 Å². The van der Waals surface area contributed by atoms with E-state index in [4.69, 9.17) is 9.47 Å². The Morgan fingerprint density at radius 1 is 0.923 bits per heavy atom. The number of aliphatic hydroxyl groups excluding tert-OH is 8. The summed E-state index contributed by atoms with van der Waals surface area (Å²) in [5.41, 5.74) is -0.349. The molecule has 0 aromatic heterocycles. The van der Waals surface area contributed by atoms with Crippen molar-refractivity contribution in [2.24, 2.45) is 5.41 Å². The standard InChI is InChI=1S/C16H32O10/c1-16(2,3)4-7(19)10(21)14(8(20)5-17)26-15-13(24)12(23)11(22)9(6-18)25-15/h7-15,17-24H,4-6H2,1-3H3/t7?,8?,9?,10?,11-,12?,13?,14?,15-/m1/s1. The first kappa shape index (κ1) is 23.6. The minimum absolute atomic E-state index is 0.154. The van der Waals surface area contributed by atoms with Crippen molar-refractivity contribution in [3.05, 3.63) is 0 Å². The molecule has 7 unspecified atom stereocenters. The first-order chi connectivity index (χ1) is 11.9. The third-order valence-corrected chi connectivity index (χ3v) is 4.26. The summed E-state index contributed by atoms with van der Waals surface area (Å²) in [6, 6.07) is 0. The maximum Gasteiger partial charge on any atom is 0.187 e. The Morgan fingerprint density at radius 2 is 1.50 bits per heavy atom. The van der Waals surface area contributed by atoms with Crippen LogP contribution in [0.25, 0.3) is 0 Å². The van der Waals surface area contributed by atoms with Gasteiger partial charge >= 0.3 is 0 Å². The average Bonchev–Trinajstić information content (AvgIpc) is 2.56. The molecule has 0 aromatic carbocycles. The van der Waals surface area contributed by atoms with Gasteiger partial charge in [0, 0.05) is 0 Å². The molecule has 0 saturated carbocycles. The predicted molar refractivity (Wildman–Crippen MR) is 87.8 cm³/mol. The van der Waals surface area contributed by atoms with Crippen LogP contribution in [0.2, 0.25) is 0 Å². The lowest BCUT2D eigenvalue weighted by molar-refractivity contribution is -0.327. The highest BCUT2D eigenvalue weighted by atomic mass is 16.7. The van der Waals surface area contributed by atoms with Crippen LogP contribution >= 0.6 is 0 Å². The molecule has 1 saturated heterocycles. The van der Waals surface area contributed by atoms with Crippen LogP contribution in [0.5, 0.6) is 0 Å². The molecule has 0 radical (unpaired) electrons. The smallest absolute Gasteiger partial charge is 0.187 e. The van der Waals surface area contributed by atoms with Gasteiger partial charge in [-0.2, -0.15) is 0 Å². The zero-order valence-corrected chi connectivity index (χ0v) is 15.2. The van der Waals surface area contributed by atoms with Crippen molar-refractivity contribution in [3.8, 4) is 0 Å². The van der Waals surface area contributed by atoms with Gasteiger partial charge in [0.25, 0.3) is 0 Å². The largest absolute Gasteiger partial charge is 0.394 e. The third kappa shape index (κ3) is 6.06. The molecule has 0 spiro atoms. The van der Waals surface area contributed by atoms with Crippen LogP contribution in [-0.4, -0.2) is 109 Å². The highest BCUT2D eigenvalue weighted by Gasteiger charge is 2.46. The molecule has 0 aliphatic carbocycles. The fourth-order valence-electron chi connectivity index (χ4n) is 2.80. The number of hydrogen-bond donors (Lipinski definition) is 8. The quantitative estimate of drug-likeness (QED) is 0.211. The van der Waals surface area contributed by atoms with E-state index < -0.39 is 68.3 Å². The molecule has 1 rings (SSSR count). The van der Waals surface area contributed by atoms with Gasteiger partial charge in [0.05, 0.1) is 19.3 Å². The number of aliphatic hydroxyl groups is 8. The molecule has 156 valence electrons. The van der Waals surface area contributed by atoms with Gasteiger partial charge in [-0.3, -0.25) is 0 Å². The summed E-state index contributed by atoms with van der Waals surface area (Å²) in [7, 11) is 0. The molecule has 1 heterocycles. The van der Waals surface area contributed by atoms with Gasteiger partial charge in [-0.25, -0.2) is 0 Å². The molecule has 1 aliphatic heterocycles. The molecule has 0 aromatic rings. The molecular weight excluding hydrogens is 352 g/mol. The molecule has 0 bridgehead atoms. The van der Waals surface area contributed by atoms with Gasteiger partial charge < -0.3 is 50.3 Å². The van der Waals surface area contributed by atoms with Crippen LogP contribution < -0.4 is 0 Å². The molecular formula is C16H32O10. The van der Waals surface area contributed by atoms with Crippen molar-refractivity contribution in [3.63, 3.8) is 0 Å². The molecule has 1 aliphatic rings. The van der Waals surface area contributed by atoms with E-state index >= 15 is 0 Å². The molecule has 9 atom stereocenters. The van der Waals surface area contributed by atoms with Gasteiger partial charge in [0.15, 0.2) is 6.29 Å². The Kier molecular flexibility index (Phi) is 8.81. The maximum absolute atomic E-state index is 10.4. The SMILES string of the molecule is CC(C)(C)CC(O)C(O)C(O[C@H]1OC(CO)[C@@H](O)C(O)C1O)C(O)CO. The summed E-state index contributed by atoms with van der Waals surface area (Å²) >= 11 is 0. The Morgan fingerprint density at radius 3 is 1.96 bits per heavy atom. The second-order valence-corrected chi connectivity index (χ2v) is 7.87. The van der Waals surface area contributed by atoms with E-state index in [0.717, 1.165) is 0 Å². The first-order valence-corrected chi connectivity index (χ1v) is 8.54. The highest BCUT2D eigenvalue weighted by molar-refractivity contribution is 4.91. The summed E-state index contributed by atoms with van der Waals surface area (Å²) in [5, 5.41) is 78.4. The van der Waals surface area contributed by atoms with Crippen LogP contribution in [-0.2, 0) is 9.47 Å².